The number of para-hydroxylation sites is 2. The third-order valence-corrected chi connectivity index (χ3v) is 3.62. The van der Waals surface area contributed by atoms with Crippen molar-refractivity contribution in [3.8, 4) is 5.75 Å². The molecule has 2 amide bonds. The Kier molecular flexibility index (Phi) is 6.68. The zero-order valence-corrected chi connectivity index (χ0v) is 15.6. The van der Waals surface area contributed by atoms with E-state index in [9.17, 15) is 9.59 Å². The Morgan fingerprint density at radius 2 is 1.58 bits per heavy atom. The van der Waals surface area contributed by atoms with Gasteiger partial charge < -0.3 is 15.4 Å². The quantitative estimate of drug-likeness (QED) is 0.704. The normalized spacial score (nSPS) is 10.2. The highest BCUT2D eigenvalue weighted by molar-refractivity contribution is 7.80. The molecule has 2 rings (SSSR count). The van der Waals surface area contributed by atoms with E-state index in [1.807, 2.05) is 13.8 Å². The summed E-state index contributed by atoms with van der Waals surface area (Å²) in [5.41, 5.74) is 1.32. The first kappa shape index (κ1) is 19.4. The highest BCUT2D eigenvalue weighted by Crippen LogP contribution is 2.18. The van der Waals surface area contributed by atoms with E-state index in [-0.39, 0.29) is 17.1 Å². The number of nitrogens with one attached hydrogen (secondary N) is 3. The average Bonchev–Trinajstić information content (AvgIpc) is 2.61. The summed E-state index contributed by atoms with van der Waals surface area (Å²) in [6.45, 7) is 3.76. The van der Waals surface area contributed by atoms with Crippen molar-refractivity contribution in [2.45, 2.75) is 19.9 Å². The number of carbonyl (C=O) groups is 2. The standard InChI is InChI=1S/C19H21N3O3S/c1-12(2)20-17(23)13-8-4-6-10-15(13)21-19(26)22-18(24)14-9-5-7-11-16(14)25-3/h4-12H,1-3H3,(H,20,23)(H2,21,22,24,26). The van der Waals surface area contributed by atoms with Crippen molar-refractivity contribution in [2.24, 2.45) is 0 Å². The van der Waals surface area contributed by atoms with Gasteiger partial charge in [-0.05, 0) is 50.3 Å². The monoisotopic (exact) mass is 371 g/mol. The van der Waals surface area contributed by atoms with Gasteiger partial charge in [0.1, 0.15) is 5.75 Å². The largest absolute Gasteiger partial charge is 0.496 e. The molecule has 0 aliphatic carbocycles. The van der Waals surface area contributed by atoms with E-state index in [0.29, 0.717) is 22.6 Å². The Morgan fingerprint density at radius 1 is 0.962 bits per heavy atom. The maximum atomic E-state index is 12.4. The van der Waals surface area contributed by atoms with Crippen molar-refractivity contribution >= 4 is 34.8 Å². The summed E-state index contributed by atoms with van der Waals surface area (Å²) in [7, 11) is 1.49. The SMILES string of the molecule is COc1ccccc1C(=O)NC(=S)Nc1ccccc1C(=O)NC(C)C. The number of methoxy groups -OCH3 is 1. The van der Waals surface area contributed by atoms with E-state index in [0.717, 1.165) is 0 Å². The molecule has 0 spiro atoms. The van der Waals surface area contributed by atoms with E-state index in [1.165, 1.54) is 7.11 Å². The zero-order chi connectivity index (χ0) is 19.1. The van der Waals surface area contributed by atoms with Gasteiger partial charge in [0.15, 0.2) is 5.11 Å². The number of thiocarbonyl (C=S) groups is 1. The molecule has 0 bridgehead atoms. The number of rotatable bonds is 5. The van der Waals surface area contributed by atoms with Gasteiger partial charge >= 0.3 is 0 Å². The first-order chi connectivity index (χ1) is 12.4. The molecule has 0 saturated heterocycles. The molecule has 136 valence electrons. The number of ether oxygens (including phenoxy) is 1. The molecule has 7 heteroatoms. The van der Waals surface area contributed by atoms with Crippen LogP contribution < -0.4 is 20.7 Å². The van der Waals surface area contributed by atoms with Gasteiger partial charge in [-0.3, -0.25) is 14.9 Å². The second-order valence-corrected chi connectivity index (χ2v) is 6.19. The predicted molar refractivity (Wildman–Crippen MR) is 106 cm³/mol. The summed E-state index contributed by atoms with van der Waals surface area (Å²) in [6, 6.07) is 13.8. The fourth-order valence-electron chi connectivity index (χ4n) is 2.29. The Bertz CT molecular complexity index is 821. The van der Waals surface area contributed by atoms with E-state index in [2.05, 4.69) is 16.0 Å². The Hall–Kier alpha value is -2.93. The van der Waals surface area contributed by atoms with Gasteiger partial charge in [-0.2, -0.15) is 0 Å². The van der Waals surface area contributed by atoms with Gasteiger partial charge in [0.2, 0.25) is 0 Å². The minimum absolute atomic E-state index is 0.00718. The average molecular weight is 371 g/mol. The molecule has 0 aromatic heterocycles. The fraction of sp³-hybridized carbons (Fsp3) is 0.211. The molecule has 0 radical (unpaired) electrons. The molecule has 0 fully saturated rings. The highest BCUT2D eigenvalue weighted by Gasteiger charge is 2.15. The van der Waals surface area contributed by atoms with Crippen molar-refractivity contribution in [1.82, 2.24) is 10.6 Å². The van der Waals surface area contributed by atoms with Crippen LogP contribution in [0.3, 0.4) is 0 Å². The van der Waals surface area contributed by atoms with Crippen molar-refractivity contribution in [2.75, 3.05) is 12.4 Å². The Labute approximate surface area is 157 Å². The molecule has 2 aromatic rings. The molecule has 0 unspecified atom stereocenters. The molecule has 0 heterocycles. The van der Waals surface area contributed by atoms with Crippen LogP contribution in [-0.4, -0.2) is 30.1 Å². The smallest absolute Gasteiger partial charge is 0.261 e. The van der Waals surface area contributed by atoms with E-state index in [4.69, 9.17) is 17.0 Å². The lowest BCUT2D eigenvalue weighted by Gasteiger charge is -2.15. The van der Waals surface area contributed by atoms with Gasteiger partial charge in [-0.25, -0.2) is 0 Å². The van der Waals surface area contributed by atoms with E-state index in [1.54, 1.807) is 48.5 Å². The lowest BCUT2D eigenvalue weighted by molar-refractivity contribution is 0.0942. The van der Waals surface area contributed by atoms with Crippen LogP contribution >= 0.6 is 12.2 Å². The lowest BCUT2D eigenvalue weighted by Crippen LogP contribution is -2.35. The molecule has 6 nitrogen and oxygen atoms in total. The van der Waals surface area contributed by atoms with Crippen molar-refractivity contribution < 1.29 is 14.3 Å². The van der Waals surface area contributed by atoms with Crippen LogP contribution in [-0.2, 0) is 0 Å². The van der Waals surface area contributed by atoms with Gasteiger partial charge in [0, 0.05) is 6.04 Å². The number of amides is 2. The topological polar surface area (TPSA) is 79.5 Å². The Balaban J connectivity index is 2.11. The van der Waals surface area contributed by atoms with E-state index >= 15 is 0 Å². The van der Waals surface area contributed by atoms with Gasteiger partial charge in [0.25, 0.3) is 11.8 Å². The first-order valence-corrected chi connectivity index (χ1v) is 8.48. The van der Waals surface area contributed by atoms with E-state index < -0.39 is 5.91 Å². The van der Waals surface area contributed by atoms with Crippen LogP contribution in [0.15, 0.2) is 48.5 Å². The molecule has 2 aromatic carbocycles. The summed E-state index contributed by atoms with van der Waals surface area (Å²) in [6.07, 6.45) is 0. The van der Waals surface area contributed by atoms with Gasteiger partial charge in [-0.15, -0.1) is 0 Å². The second-order valence-electron chi connectivity index (χ2n) is 5.78. The maximum Gasteiger partial charge on any atom is 0.261 e. The second kappa shape index (κ2) is 8.96. The first-order valence-electron chi connectivity index (χ1n) is 8.07. The maximum absolute atomic E-state index is 12.4. The minimum Gasteiger partial charge on any atom is -0.496 e. The highest BCUT2D eigenvalue weighted by atomic mass is 32.1. The van der Waals surface area contributed by atoms with Crippen LogP contribution in [0.1, 0.15) is 34.6 Å². The zero-order valence-electron chi connectivity index (χ0n) is 14.8. The molecule has 3 N–H and O–H groups in total. The molecular formula is C19H21N3O3S. The Morgan fingerprint density at radius 3 is 2.23 bits per heavy atom. The van der Waals surface area contributed by atoms with Gasteiger partial charge in [-0.1, -0.05) is 24.3 Å². The lowest BCUT2D eigenvalue weighted by atomic mass is 10.1. The molecule has 0 aliphatic rings. The van der Waals surface area contributed by atoms with Crippen molar-refractivity contribution in [3.63, 3.8) is 0 Å². The number of hydrogen-bond donors (Lipinski definition) is 3. The summed E-state index contributed by atoms with van der Waals surface area (Å²) in [5.74, 6) is -0.171. The van der Waals surface area contributed by atoms with Crippen LogP contribution in [0.25, 0.3) is 0 Å². The molecule has 0 atom stereocenters. The van der Waals surface area contributed by atoms with Crippen LogP contribution in [0.4, 0.5) is 5.69 Å². The van der Waals surface area contributed by atoms with Crippen LogP contribution in [0.2, 0.25) is 0 Å². The van der Waals surface area contributed by atoms with Gasteiger partial charge in [0.05, 0.1) is 23.9 Å². The molecule has 26 heavy (non-hydrogen) atoms. The molecule has 0 saturated carbocycles. The molecule has 0 aliphatic heterocycles. The summed E-state index contributed by atoms with van der Waals surface area (Å²) in [5, 5.41) is 8.41. The summed E-state index contributed by atoms with van der Waals surface area (Å²) in [4.78, 5) is 24.7. The number of anilines is 1. The third-order valence-electron chi connectivity index (χ3n) is 3.42. The van der Waals surface area contributed by atoms with Crippen LogP contribution in [0.5, 0.6) is 5.75 Å². The predicted octanol–water partition coefficient (Wildman–Crippen LogP) is 2.96. The number of hydrogen-bond acceptors (Lipinski definition) is 4. The van der Waals surface area contributed by atoms with Crippen molar-refractivity contribution in [3.05, 3.63) is 59.7 Å². The summed E-state index contributed by atoms with van der Waals surface area (Å²) >= 11 is 5.21. The number of carbonyl (C=O) groups excluding carboxylic acids is 2. The fourth-order valence-corrected chi connectivity index (χ4v) is 2.49. The summed E-state index contributed by atoms with van der Waals surface area (Å²) < 4.78 is 5.18. The third kappa shape index (κ3) is 5.03. The van der Waals surface area contributed by atoms with Crippen molar-refractivity contribution in [1.29, 1.82) is 0 Å². The minimum atomic E-state index is -0.399. The van der Waals surface area contributed by atoms with Crippen LogP contribution in [0, 0.1) is 0 Å². The number of benzene rings is 2. The molecular weight excluding hydrogens is 350 g/mol.